The fraction of sp³-hybridized carbons (Fsp3) is 0.667. The van der Waals surface area contributed by atoms with Gasteiger partial charge in [-0.2, -0.15) is 0 Å². The van der Waals surface area contributed by atoms with Crippen LogP contribution in [0.4, 0.5) is 4.79 Å². The van der Waals surface area contributed by atoms with Crippen LogP contribution in [-0.2, 0) is 16.1 Å². The van der Waals surface area contributed by atoms with Crippen LogP contribution < -0.4 is 4.72 Å². The standard InChI is InChI=1S/C21H33ClN2O3S/c1-20(2,3)27-19(25)24-13-11-16(12-14-24)18(23-28(26)21(4,5)6)15-7-9-17(22)10-8-15/h7-10,16,18,23H,11-14H2,1-6H3/t18-,28?/m0/s1. The molecule has 2 rings (SSSR count). The number of halogens is 1. The van der Waals surface area contributed by atoms with Crippen molar-refractivity contribution in [2.24, 2.45) is 5.92 Å². The molecule has 1 heterocycles. The predicted octanol–water partition coefficient (Wildman–Crippen LogP) is 5.08. The number of nitrogens with one attached hydrogen (secondary N) is 1. The Labute approximate surface area is 177 Å². The van der Waals surface area contributed by atoms with Gasteiger partial charge in [0.1, 0.15) is 10.3 Å². The minimum atomic E-state index is -1.19. The molecule has 0 saturated carbocycles. The number of amides is 1. The smallest absolute Gasteiger partial charge is 0.410 e. The van der Waals surface area contributed by atoms with Crippen molar-refractivity contribution in [2.45, 2.75) is 70.8 Å². The van der Waals surface area contributed by atoms with Crippen molar-refractivity contribution >= 4 is 29.1 Å². The van der Waals surface area contributed by atoms with Crippen molar-refractivity contribution in [3.63, 3.8) is 0 Å². The minimum Gasteiger partial charge on any atom is -0.598 e. The first-order valence-corrected chi connectivity index (χ1v) is 11.3. The molecule has 0 aliphatic carbocycles. The lowest BCUT2D eigenvalue weighted by Crippen LogP contribution is -2.47. The molecule has 1 N–H and O–H groups in total. The molecule has 1 fully saturated rings. The number of benzene rings is 1. The van der Waals surface area contributed by atoms with E-state index in [1.807, 2.05) is 65.8 Å². The highest BCUT2D eigenvalue weighted by Crippen LogP contribution is 2.34. The van der Waals surface area contributed by atoms with Gasteiger partial charge in [0, 0.05) is 29.5 Å². The molecule has 0 radical (unpaired) electrons. The number of hydrogen-bond donors (Lipinski definition) is 1. The molecular weight excluding hydrogens is 396 g/mol. The number of nitrogens with zero attached hydrogens (tertiary/aromatic N) is 1. The van der Waals surface area contributed by atoms with E-state index >= 15 is 0 Å². The normalized spacial score (nSPS) is 18.6. The molecule has 1 aromatic carbocycles. The first kappa shape index (κ1) is 23.3. The fourth-order valence-corrected chi connectivity index (χ4v) is 4.18. The molecular formula is C21H33ClN2O3S. The van der Waals surface area contributed by atoms with Crippen LogP contribution >= 0.6 is 11.6 Å². The summed E-state index contributed by atoms with van der Waals surface area (Å²) in [6.07, 6.45) is 1.38. The number of piperidine rings is 1. The summed E-state index contributed by atoms with van der Waals surface area (Å²) in [7, 11) is 0. The maximum absolute atomic E-state index is 12.8. The van der Waals surface area contributed by atoms with Gasteiger partial charge < -0.3 is 14.2 Å². The number of likely N-dealkylation sites (tertiary alicyclic amines) is 1. The zero-order chi connectivity index (χ0) is 21.1. The van der Waals surface area contributed by atoms with E-state index in [4.69, 9.17) is 16.3 Å². The first-order valence-electron chi connectivity index (χ1n) is 9.78. The van der Waals surface area contributed by atoms with E-state index in [0.29, 0.717) is 18.1 Å². The lowest BCUT2D eigenvalue weighted by atomic mass is 9.86. The van der Waals surface area contributed by atoms with Gasteiger partial charge in [-0.1, -0.05) is 23.7 Å². The molecule has 7 heteroatoms. The van der Waals surface area contributed by atoms with Gasteiger partial charge in [-0.15, -0.1) is 4.72 Å². The highest BCUT2D eigenvalue weighted by Gasteiger charge is 2.36. The van der Waals surface area contributed by atoms with Gasteiger partial charge in [0.2, 0.25) is 0 Å². The number of ether oxygens (including phenoxy) is 1. The summed E-state index contributed by atoms with van der Waals surface area (Å²) in [6, 6.07) is 7.64. The summed E-state index contributed by atoms with van der Waals surface area (Å²) in [5.74, 6) is 0.270. The average Bonchev–Trinajstić information content (AvgIpc) is 2.58. The van der Waals surface area contributed by atoms with Crippen LogP contribution in [0.1, 0.15) is 66.0 Å². The van der Waals surface area contributed by atoms with E-state index in [2.05, 4.69) is 4.72 Å². The summed E-state index contributed by atoms with van der Waals surface area (Å²) in [6.45, 7) is 12.8. The molecule has 1 aliphatic heterocycles. The van der Waals surface area contributed by atoms with Crippen LogP contribution in [0.5, 0.6) is 0 Å². The van der Waals surface area contributed by atoms with E-state index in [1.165, 1.54) is 0 Å². The number of carbonyl (C=O) groups is 1. The van der Waals surface area contributed by atoms with Gasteiger partial charge in [-0.3, -0.25) is 0 Å². The Morgan fingerprint density at radius 3 is 2.18 bits per heavy atom. The summed E-state index contributed by atoms with van der Waals surface area (Å²) < 4.78 is 21.2. The van der Waals surface area contributed by atoms with Crippen molar-refractivity contribution in [1.29, 1.82) is 0 Å². The Hall–Kier alpha value is -0.950. The second-order valence-electron chi connectivity index (χ2n) is 9.33. The van der Waals surface area contributed by atoms with Crippen molar-refractivity contribution in [3.05, 3.63) is 34.9 Å². The monoisotopic (exact) mass is 428 g/mol. The Bertz CT molecular complexity index is 647. The lowest BCUT2D eigenvalue weighted by molar-refractivity contribution is 0.0172. The molecule has 2 atom stereocenters. The van der Waals surface area contributed by atoms with Gasteiger partial charge in [-0.25, -0.2) is 4.79 Å². The first-order chi connectivity index (χ1) is 12.9. The van der Waals surface area contributed by atoms with Crippen LogP contribution in [0.15, 0.2) is 24.3 Å². The third-order valence-corrected chi connectivity index (χ3v) is 6.51. The molecule has 1 amide bonds. The van der Waals surface area contributed by atoms with Crippen LogP contribution in [-0.4, -0.2) is 39.0 Å². The van der Waals surface area contributed by atoms with Crippen LogP contribution in [0.2, 0.25) is 5.02 Å². The highest BCUT2D eigenvalue weighted by molar-refractivity contribution is 7.90. The van der Waals surface area contributed by atoms with Crippen molar-refractivity contribution < 1.29 is 14.1 Å². The predicted molar refractivity (Wildman–Crippen MR) is 116 cm³/mol. The summed E-state index contributed by atoms with van der Waals surface area (Å²) >= 11 is 4.85. The lowest BCUT2D eigenvalue weighted by Gasteiger charge is -2.38. The largest absolute Gasteiger partial charge is 0.598 e. The highest BCUT2D eigenvalue weighted by atomic mass is 35.5. The van der Waals surface area contributed by atoms with Gasteiger partial charge >= 0.3 is 6.09 Å². The minimum absolute atomic E-state index is 0.0573. The van der Waals surface area contributed by atoms with Crippen molar-refractivity contribution in [1.82, 2.24) is 9.62 Å². The van der Waals surface area contributed by atoms with E-state index < -0.39 is 17.0 Å². The molecule has 0 spiro atoms. The zero-order valence-corrected chi connectivity index (χ0v) is 19.3. The third kappa shape index (κ3) is 6.83. The van der Waals surface area contributed by atoms with E-state index in [9.17, 15) is 9.35 Å². The van der Waals surface area contributed by atoms with E-state index in [-0.39, 0.29) is 22.8 Å². The zero-order valence-electron chi connectivity index (χ0n) is 17.8. The molecule has 28 heavy (non-hydrogen) atoms. The maximum atomic E-state index is 12.8. The Balaban J connectivity index is 2.10. The second-order valence-corrected chi connectivity index (χ2v) is 11.8. The van der Waals surface area contributed by atoms with Gasteiger partial charge in [0.25, 0.3) is 0 Å². The Morgan fingerprint density at radius 2 is 1.71 bits per heavy atom. The number of rotatable bonds is 4. The fourth-order valence-electron chi connectivity index (χ4n) is 3.14. The molecule has 158 valence electrons. The van der Waals surface area contributed by atoms with Crippen LogP contribution in [0, 0.1) is 5.92 Å². The quantitative estimate of drug-likeness (QED) is 0.679. The molecule has 1 aromatic rings. The molecule has 0 bridgehead atoms. The molecule has 1 unspecified atom stereocenters. The Morgan fingerprint density at radius 1 is 1.18 bits per heavy atom. The Kier molecular flexibility index (Phi) is 7.70. The number of hydrogen-bond acceptors (Lipinski definition) is 4. The summed E-state index contributed by atoms with van der Waals surface area (Å²) in [4.78, 5) is 14.1. The van der Waals surface area contributed by atoms with Crippen LogP contribution in [0.25, 0.3) is 0 Å². The van der Waals surface area contributed by atoms with Crippen LogP contribution in [0.3, 0.4) is 0 Å². The molecule has 1 saturated heterocycles. The maximum Gasteiger partial charge on any atom is 0.410 e. The summed E-state index contributed by atoms with van der Waals surface area (Å²) in [5, 5.41) is 0.680. The van der Waals surface area contributed by atoms with Gasteiger partial charge in [0.05, 0.1) is 6.04 Å². The summed E-state index contributed by atoms with van der Waals surface area (Å²) in [5.41, 5.74) is 0.572. The SMILES string of the molecule is CC(C)(C)OC(=O)N1CCC([C@@H](N[S+]([O-])C(C)(C)C)c2ccc(Cl)cc2)CC1. The molecule has 0 aromatic heterocycles. The average molecular weight is 429 g/mol. The molecule has 5 nitrogen and oxygen atoms in total. The van der Waals surface area contributed by atoms with E-state index in [1.54, 1.807) is 4.90 Å². The topological polar surface area (TPSA) is 64.6 Å². The molecule has 1 aliphatic rings. The number of carbonyl (C=O) groups excluding carboxylic acids is 1. The van der Waals surface area contributed by atoms with Crippen molar-refractivity contribution in [2.75, 3.05) is 13.1 Å². The third-order valence-electron chi connectivity index (χ3n) is 4.68. The van der Waals surface area contributed by atoms with Crippen molar-refractivity contribution in [3.8, 4) is 0 Å². The van der Waals surface area contributed by atoms with Gasteiger partial charge in [0.15, 0.2) is 0 Å². The van der Waals surface area contributed by atoms with E-state index in [0.717, 1.165) is 18.4 Å². The second kappa shape index (κ2) is 9.24. The van der Waals surface area contributed by atoms with Gasteiger partial charge in [-0.05, 0) is 78.0 Å².